The van der Waals surface area contributed by atoms with E-state index in [0.717, 1.165) is 34.7 Å². The highest BCUT2D eigenvalue weighted by atomic mass is 16.6. The summed E-state index contributed by atoms with van der Waals surface area (Å²) in [6, 6.07) is 8.08. The van der Waals surface area contributed by atoms with E-state index >= 15 is 0 Å². The van der Waals surface area contributed by atoms with Crippen LogP contribution in [0, 0.1) is 0 Å². The molecule has 1 aliphatic rings. The van der Waals surface area contributed by atoms with Gasteiger partial charge in [0.05, 0.1) is 24.0 Å². The Morgan fingerprint density at radius 3 is 2.46 bits per heavy atom. The molecule has 0 aliphatic carbocycles. The second-order valence-corrected chi connectivity index (χ2v) is 10.4. The van der Waals surface area contributed by atoms with Crippen LogP contribution in [0.3, 0.4) is 0 Å². The summed E-state index contributed by atoms with van der Waals surface area (Å²) < 4.78 is 9.05. The molecule has 0 spiro atoms. The van der Waals surface area contributed by atoms with E-state index in [-0.39, 0.29) is 18.0 Å². The maximum atomic E-state index is 12.9. The number of fused-ring (bicyclic) bond motifs is 1. The predicted octanol–water partition coefficient (Wildman–Crippen LogP) is 4.66. The molecule has 0 bridgehead atoms. The fourth-order valence-electron chi connectivity index (χ4n) is 4.44. The number of likely N-dealkylation sites (tertiary alicyclic amines) is 1. The van der Waals surface area contributed by atoms with Gasteiger partial charge in [-0.3, -0.25) is 14.2 Å². The summed E-state index contributed by atoms with van der Waals surface area (Å²) in [6.45, 7) is 6.76. The summed E-state index contributed by atoms with van der Waals surface area (Å²) in [6.07, 6.45) is 10.1. The molecule has 5 rings (SSSR count). The number of nitrogens with one attached hydrogen (secondary N) is 1. The van der Waals surface area contributed by atoms with E-state index in [1.165, 1.54) is 0 Å². The number of carbonyl (C=O) groups excluding carboxylic acids is 2. The maximum Gasteiger partial charge on any atom is 0.410 e. The first-order valence-electron chi connectivity index (χ1n) is 12.4. The average molecular weight is 502 g/mol. The Bertz CT molecular complexity index is 1440. The Balaban J connectivity index is 1.23. The van der Waals surface area contributed by atoms with Crippen molar-refractivity contribution in [3.05, 3.63) is 60.8 Å². The van der Waals surface area contributed by atoms with Crippen LogP contribution in [0.5, 0.6) is 0 Å². The van der Waals surface area contributed by atoms with Gasteiger partial charge in [0.2, 0.25) is 0 Å². The zero-order valence-corrected chi connectivity index (χ0v) is 21.5. The molecule has 4 aromatic rings. The molecule has 3 aromatic heterocycles. The van der Waals surface area contributed by atoms with Gasteiger partial charge in [-0.05, 0) is 56.7 Å². The minimum absolute atomic E-state index is 0.116. The van der Waals surface area contributed by atoms with Crippen LogP contribution in [0.15, 0.2) is 55.2 Å². The molecule has 1 saturated heterocycles. The lowest BCUT2D eigenvalue weighted by molar-refractivity contribution is 0.0184. The number of rotatable bonds is 4. The fourth-order valence-corrected chi connectivity index (χ4v) is 4.44. The lowest BCUT2D eigenvalue weighted by Gasteiger charge is -2.33. The highest BCUT2D eigenvalue weighted by molar-refractivity contribution is 6.04. The number of anilines is 1. The van der Waals surface area contributed by atoms with Crippen molar-refractivity contribution in [2.75, 3.05) is 18.4 Å². The van der Waals surface area contributed by atoms with E-state index in [9.17, 15) is 9.59 Å². The molecule has 1 N–H and O–H groups in total. The molecule has 0 atom stereocenters. The third kappa shape index (κ3) is 5.63. The molecule has 192 valence electrons. The topological polar surface area (TPSA) is 107 Å². The highest BCUT2D eigenvalue weighted by Crippen LogP contribution is 2.26. The van der Waals surface area contributed by atoms with Crippen molar-refractivity contribution in [1.82, 2.24) is 29.4 Å². The van der Waals surface area contributed by atoms with E-state index in [2.05, 4.69) is 26.6 Å². The molecule has 1 fully saturated rings. The quantitative estimate of drug-likeness (QED) is 0.436. The third-order valence-corrected chi connectivity index (χ3v) is 6.36. The van der Waals surface area contributed by atoms with Crippen molar-refractivity contribution < 1.29 is 14.3 Å². The van der Waals surface area contributed by atoms with E-state index in [1.54, 1.807) is 28.2 Å². The van der Waals surface area contributed by atoms with Crippen LogP contribution in [0.1, 0.15) is 50.0 Å². The summed E-state index contributed by atoms with van der Waals surface area (Å²) in [5.41, 5.74) is 2.01. The minimum Gasteiger partial charge on any atom is -0.444 e. The summed E-state index contributed by atoms with van der Waals surface area (Å²) in [5, 5.41) is 13.5. The van der Waals surface area contributed by atoms with Crippen LogP contribution in [-0.4, -0.2) is 60.1 Å². The number of amides is 2. The number of piperidine rings is 1. The number of benzene rings is 1. The van der Waals surface area contributed by atoms with Gasteiger partial charge in [0.25, 0.3) is 5.91 Å². The Morgan fingerprint density at radius 2 is 1.76 bits per heavy atom. The number of ether oxygens (including phenoxy) is 1. The molecule has 1 aliphatic heterocycles. The first-order valence-corrected chi connectivity index (χ1v) is 12.4. The largest absolute Gasteiger partial charge is 0.444 e. The van der Waals surface area contributed by atoms with Crippen LogP contribution in [-0.2, 0) is 11.8 Å². The Kier molecular flexibility index (Phi) is 6.41. The summed E-state index contributed by atoms with van der Waals surface area (Å²) in [7, 11) is 1.89. The lowest BCUT2D eigenvalue weighted by Crippen LogP contribution is -2.42. The normalized spacial score (nSPS) is 14.6. The molecule has 0 radical (unpaired) electrons. The summed E-state index contributed by atoms with van der Waals surface area (Å²) in [5.74, 6) is 0.201. The van der Waals surface area contributed by atoms with Crippen LogP contribution in [0.4, 0.5) is 10.6 Å². The van der Waals surface area contributed by atoms with Crippen molar-refractivity contribution in [2.45, 2.75) is 45.3 Å². The number of aryl methyl sites for hydroxylation is 1. The van der Waals surface area contributed by atoms with E-state index in [4.69, 9.17) is 4.74 Å². The smallest absolute Gasteiger partial charge is 0.410 e. The van der Waals surface area contributed by atoms with Gasteiger partial charge in [0, 0.05) is 49.7 Å². The number of hydrogen-bond donors (Lipinski definition) is 1. The molecular formula is C27H31N7O3. The standard InChI is InChI=1S/C27H31N7O3/c1-27(2,3)37-26(36)33-9-7-23(8-10-33)34-17-22(15-30-34)25(35)31-24-12-20-11-18(5-6-19(20)13-28-24)21-14-29-32(4)16-21/h5-6,11-17,23H,7-10H2,1-4H3,(H,28,31,35). The Labute approximate surface area is 215 Å². The van der Waals surface area contributed by atoms with Crippen LogP contribution in [0.2, 0.25) is 0 Å². The number of aromatic nitrogens is 5. The molecule has 0 unspecified atom stereocenters. The predicted molar refractivity (Wildman–Crippen MR) is 140 cm³/mol. The van der Waals surface area contributed by atoms with Gasteiger partial charge in [0.1, 0.15) is 11.4 Å². The number of hydrogen-bond acceptors (Lipinski definition) is 6. The highest BCUT2D eigenvalue weighted by Gasteiger charge is 2.28. The Hall–Kier alpha value is -4.21. The van der Waals surface area contributed by atoms with Crippen LogP contribution >= 0.6 is 0 Å². The van der Waals surface area contributed by atoms with Crippen LogP contribution in [0.25, 0.3) is 21.9 Å². The molecule has 4 heterocycles. The second-order valence-electron chi connectivity index (χ2n) is 10.4. The van der Waals surface area contributed by atoms with Gasteiger partial charge in [-0.15, -0.1) is 0 Å². The van der Waals surface area contributed by atoms with Gasteiger partial charge >= 0.3 is 6.09 Å². The minimum atomic E-state index is -0.514. The monoisotopic (exact) mass is 501 g/mol. The maximum absolute atomic E-state index is 12.9. The van der Waals surface area contributed by atoms with E-state index < -0.39 is 5.60 Å². The number of carbonyl (C=O) groups is 2. The average Bonchev–Trinajstić information content (AvgIpc) is 3.52. The third-order valence-electron chi connectivity index (χ3n) is 6.36. The molecule has 37 heavy (non-hydrogen) atoms. The number of nitrogens with zero attached hydrogens (tertiary/aromatic N) is 6. The zero-order chi connectivity index (χ0) is 26.2. The Morgan fingerprint density at radius 1 is 0.973 bits per heavy atom. The second kappa shape index (κ2) is 9.68. The number of pyridine rings is 1. The molecule has 10 heteroatoms. The summed E-state index contributed by atoms with van der Waals surface area (Å²) >= 11 is 0. The van der Waals surface area contributed by atoms with E-state index in [1.807, 2.05) is 63.1 Å². The van der Waals surface area contributed by atoms with Crippen molar-refractivity contribution >= 4 is 28.6 Å². The molecular weight excluding hydrogens is 470 g/mol. The lowest BCUT2D eigenvalue weighted by atomic mass is 10.1. The molecule has 1 aromatic carbocycles. The van der Waals surface area contributed by atoms with E-state index in [0.29, 0.717) is 24.5 Å². The van der Waals surface area contributed by atoms with Gasteiger partial charge in [-0.25, -0.2) is 9.78 Å². The van der Waals surface area contributed by atoms with Crippen molar-refractivity contribution in [2.24, 2.45) is 7.05 Å². The fraction of sp³-hybridized carbons (Fsp3) is 0.370. The molecule has 2 amide bonds. The molecule has 0 saturated carbocycles. The van der Waals surface area contributed by atoms with Gasteiger partial charge in [-0.1, -0.05) is 12.1 Å². The van der Waals surface area contributed by atoms with Crippen molar-refractivity contribution in [3.8, 4) is 11.1 Å². The molecule has 10 nitrogen and oxygen atoms in total. The SMILES string of the molecule is Cn1cc(-c2ccc3cnc(NC(=O)c4cnn(C5CCN(C(=O)OC(C)(C)C)CC5)c4)cc3c2)cn1. The van der Waals surface area contributed by atoms with Gasteiger partial charge < -0.3 is 15.0 Å². The van der Waals surface area contributed by atoms with Crippen molar-refractivity contribution in [3.63, 3.8) is 0 Å². The first kappa shape index (κ1) is 24.5. The van der Waals surface area contributed by atoms with Crippen LogP contribution < -0.4 is 5.32 Å². The van der Waals surface area contributed by atoms with Gasteiger partial charge in [-0.2, -0.15) is 10.2 Å². The van der Waals surface area contributed by atoms with Gasteiger partial charge in [0.15, 0.2) is 0 Å². The first-order chi connectivity index (χ1) is 17.6. The van der Waals surface area contributed by atoms with Crippen molar-refractivity contribution in [1.29, 1.82) is 0 Å². The zero-order valence-electron chi connectivity index (χ0n) is 21.5. The summed E-state index contributed by atoms with van der Waals surface area (Å²) in [4.78, 5) is 31.4.